The summed E-state index contributed by atoms with van der Waals surface area (Å²) in [5.41, 5.74) is 3.75. The van der Waals surface area contributed by atoms with E-state index in [2.05, 4.69) is 17.2 Å². The number of anilines is 1. The summed E-state index contributed by atoms with van der Waals surface area (Å²) in [5.74, 6) is -0.0981. The molecule has 2 aromatic rings. The summed E-state index contributed by atoms with van der Waals surface area (Å²) in [5, 5.41) is 2.96. The van der Waals surface area contributed by atoms with Gasteiger partial charge in [-0.3, -0.25) is 4.79 Å². The third-order valence-electron chi connectivity index (χ3n) is 2.82. The zero-order valence-corrected chi connectivity index (χ0v) is 10.1. The lowest BCUT2D eigenvalue weighted by atomic mass is 10.1. The molecule has 0 aliphatic heterocycles. The first-order chi connectivity index (χ1) is 8.22. The van der Waals surface area contributed by atoms with Crippen molar-refractivity contribution in [3.63, 3.8) is 0 Å². The number of amides is 1. The number of hydrogen-bond acceptors (Lipinski definition) is 1. The van der Waals surface area contributed by atoms with Crippen LogP contribution >= 0.6 is 0 Å². The van der Waals surface area contributed by atoms with Gasteiger partial charge in [0.1, 0.15) is 5.69 Å². The molecule has 1 heterocycles. The van der Waals surface area contributed by atoms with Gasteiger partial charge in [0, 0.05) is 11.9 Å². The second-order valence-electron chi connectivity index (χ2n) is 4.00. The maximum atomic E-state index is 12.0. The Morgan fingerprint density at radius 2 is 2.12 bits per heavy atom. The number of aromatic nitrogens is 1. The van der Waals surface area contributed by atoms with Crippen LogP contribution in [0.4, 0.5) is 5.69 Å². The second-order valence-corrected chi connectivity index (χ2v) is 4.00. The molecule has 0 unspecified atom stereocenters. The summed E-state index contributed by atoms with van der Waals surface area (Å²) >= 11 is 0. The predicted octanol–water partition coefficient (Wildman–Crippen LogP) is 3.14. The van der Waals surface area contributed by atoms with E-state index in [4.69, 9.17) is 0 Å². The van der Waals surface area contributed by atoms with Gasteiger partial charge in [-0.05, 0) is 36.6 Å². The van der Waals surface area contributed by atoms with E-state index in [0.29, 0.717) is 5.69 Å². The Morgan fingerprint density at radius 1 is 1.29 bits per heavy atom. The van der Waals surface area contributed by atoms with Gasteiger partial charge >= 0.3 is 0 Å². The van der Waals surface area contributed by atoms with Crippen LogP contribution in [0.25, 0.3) is 0 Å². The van der Waals surface area contributed by atoms with Crippen LogP contribution in [-0.2, 0) is 6.42 Å². The SMILES string of the molecule is CCc1cccc(C)c1NC(=O)c1ccc[nH]1. The third-order valence-corrected chi connectivity index (χ3v) is 2.82. The average Bonchev–Trinajstić information content (AvgIpc) is 2.85. The number of aromatic amines is 1. The van der Waals surface area contributed by atoms with Crippen LogP contribution in [-0.4, -0.2) is 10.9 Å². The first-order valence-corrected chi connectivity index (χ1v) is 5.75. The lowest BCUT2D eigenvalue weighted by Crippen LogP contribution is -2.14. The molecule has 0 radical (unpaired) electrons. The van der Waals surface area contributed by atoms with Gasteiger partial charge in [0.15, 0.2) is 0 Å². The Hall–Kier alpha value is -2.03. The summed E-state index contributed by atoms with van der Waals surface area (Å²) in [7, 11) is 0. The maximum absolute atomic E-state index is 12.0. The van der Waals surface area contributed by atoms with E-state index in [1.165, 1.54) is 0 Å². The molecule has 0 atom stereocenters. The van der Waals surface area contributed by atoms with E-state index in [-0.39, 0.29) is 5.91 Å². The fourth-order valence-corrected chi connectivity index (χ4v) is 1.85. The number of H-pyrrole nitrogens is 1. The molecule has 3 nitrogen and oxygen atoms in total. The minimum Gasteiger partial charge on any atom is -0.357 e. The number of carbonyl (C=O) groups excluding carboxylic acids is 1. The van der Waals surface area contributed by atoms with Crippen LogP contribution in [0.1, 0.15) is 28.5 Å². The Bertz CT molecular complexity index is 515. The molecule has 0 aliphatic carbocycles. The summed E-state index contributed by atoms with van der Waals surface area (Å²) < 4.78 is 0. The van der Waals surface area contributed by atoms with Gasteiger partial charge < -0.3 is 10.3 Å². The van der Waals surface area contributed by atoms with E-state index in [0.717, 1.165) is 23.2 Å². The van der Waals surface area contributed by atoms with Crippen molar-refractivity contribution in [2.24, 2.45) is 0 Å². The van der Waals surface area contributed by atoms with Gasteiger partial charge in [0.05, 0.1) is 0 Å². The highest BCUT2D eigenvalue weighted by Gasteiger charge is 2.10. The average molecular weight is 228 g/mol. The third kappa shape index (κ3) is 2.38. The van der Waals surface area contributed by atoms with E-state index in [1.54, 1.807) is 12.3 Å². The first kappa shape index (κ1) is 11.5. The summed E-state index contributed by atoms with van der Waals surface area (Å²) in [6.07, 6.45) is 2.65. The summed E-state index contributed by atoms with van der Waals surface area (Å²) in [6, 6.07) is 9.63. The molecule has 0 spiro atoms. The van der Waals surface area contributed by atoms with Crippen LogP contribution in [0.15, 0.2) is 36.5 Å². The lowest BCUT2D eigenvalue weighted by molar-refractivity contribution is 0.102. The molecule has 1 amide bonds. The van der Waals surface area contributed by atoms with Crippen LogP contribution < -0.4 is 5.32 Å². The molecule has 0 saturated heterocycles. The molecular formula is C14H16N2O. The highest BCUT2D eigenvalue weighted by atomic mass is 16.1. The van der Waals surface area contributed by atoms with Gasteiger partial charge in [0.2, 0.25) is 0 Å². The van der Waals surface area contributed by atoms with Crippen LogP contribution in [0.2, 0.25) is 0 Å². The molecule has 0 bridgehead atoms. The minimum atomic E-state index is -0.0981. The van der Waals surface area contributed by atoms with Crippen molar-refractivity contribution in [3.8, 4) is 0 Å². The van der Waals surface area contributed by atoms with Crippen molar-refractivity contribution in [1.82, 2.24) is 4.98 Å². The highest BCUT2D eigenvalue weighted by molar-refractivity contribution is 6.03. The number of nitrogens with one attached hydrogen (secondary N) is 2. The molecule has 2 N–H and O–H groups in total. The van der Waals surface area contributed by atoms with Crippen LogP contribution in [0, 0.1) is 6.92 Å². The first-order valence-electron chi connectivity index (χ1n) is 5.75. The van der Waals surface area contributed by atoms with E-state index in [9.17, 15) is 4.79 Å². The molecule has 88 valence electrons. The highest BCUT2D eigenvalue weighted by Crippen LogP contribution is 2.21. The molecule has 1 aromatic heterocycles. The number of aryl methyl sites for hydroxylation is 2. The smallest absolute Gasteiger partial charge is 0.272 e. The number of carbonyl (C=O) groups is 1. The lowest BCUT2D eigenvalue weighted by Gasteiger charge is -2.12. The van der Waals surface area contributed by atoms with Gasteiger partial charge in [-0.25, -0.2) is 0 Å². The molecule has 17 heavy (non-hydrogen) atoms. The van der Waals surface area contributed by atoms with Crippen molar-refractivity contribution in [1.29, 1.82) is 0 Å². The predicted molar refractivity (Wildman–Crippen MR) is 69.3 cm³/mol. The van der Waals surface area contributed by atoms with Crippen molar-refractivity contribution in [2.45, 2.75) is 20.3 Å². The zero-order valence-electron chi connectivity index (χ0n) is 10.1. The van der Waals surface area contributed by atoms with E-state index in [1.807, 2.05) is 31.2 Å². The van der Waals surface area contributed by atoms with Crippen molar-refractivity contribution in [2.75, 3.05) is 5.32 Å². The zero-order chi connectivity index (χ0) is 12.3. The van der Waals surface area contributed by atoms with Crippen molar-refractivity contribution in [3.05, 3.63) is 53.3 Å². The maximum Gasteiger partial charge on any atom is 0.272 e. The van der Waals surface area contributed by atoms with Gasteiger partial charge in [-0.2, -0.15) is 0 Å². The molecule has 3 heteroatoms. The monoisotopic (exact) mass is 228 g/mol. The minimum absolute atomic E-state index is 0.0981. The second kappa shape index (κ2) is 4.87. The molecular weight excluding hydrogens is 212 g/mol. The Balaban J connectivity index is 2.27. The molecule has 0 fully saturated rings. The fraction of sp³-hybridized carbons (Fsp3) is 0.214. The number of benzene rings is 1. The number of para-hydroxylation sites is 1. The van der Waals surface area contributed by atoms with Gasteiger partial charge in [-0.15, -0.1) is 0 Å². The Kier molecular flexibility index (Phi) is 3.28. The summed E-state index contributed by atoms with van der Waals surface area (Å²) in [4.78, 5) is 14.9. The Labute approximate surface area is 101 Å². The van der Waals surface area contributed by atoms with Crippen molar-refractivity contribution >= 4 is 11.6 Å². The molecule has 0 saturated carbocycles. The van der Waals surface area contributed by atoms with Crippen LogP contribution in [0.3, 0.4) is 0 Å². The van der Waals surface area contributed by atoms with Crippen LogP contribution in [0.5, 0.6) is 0 Å². The van der Waals surface area contributed by atoms with E-state index < -0.39 is 0 Å². The molecule has 1 aromatic carbocycles. The quantitative estimate of drug-likeness (QED) is 0.832. The Morgan fingerprint density at radius 3 is 2.76 bits per heavy atom. The molecule has 2 rings (SSSR count). The number of rotatable bonds is 3. The molecule has 0 aliphatic rings. The van der Waals surface area contributed by atoms with Gasteiger partial charge in [-0.1, -0.05) is 25.1 Å². The topological polar surface area (TPSA) is 44.9 Å². The largest absolute Gasteiger partial charge is 0.357 e. The van der Waals surface area contributed by atoms with E-state index >= 15 is 0 Å². The van der Waals surface area contributed by atoms with Crippen molar-refractivity contribution < 1.29 is 4.79 Å². The number of hydrogen-bond donors (Lipinski definition) is 2. The van der Waals surface area contributed by atoms with Gasteiger partial charge in [0.25, 0.3) is 5.91 Å². The summed E-state index contributed by atoms with van der Waals surface area (Å²) in [6.45, 7) is 4.09. The fourth-order valence-electron chi connectivity index (χ4n) is 1.85. The normalized spacial score (nSPS) is 10.2. The standard InChI is InChI=1S/C14H16N2O/c1-3-11-7-4-6-10(2)13(11)16-14(17)12-8-5-9-15-12/h4-9,15H,3H2,1-2H3,(H,16,17).